The lowest BCUT2D eigenvalue weighted by Crippen LogP contribution is -2.43. The molecule has 1 saturated heterocycles. The van der Waals surface area contributed by atoms with E-state index in [1.165, 1.54) is 0 Å². The van der Waals surface area contributed by atoms with Gasteiger partial charge in [0.25, 0.3) is 0 Å². The fourth-order valence-corrected chi connectivity index (χ4v) is 3.70. The van der Waals surface area contributed by atoms with Crippen LogP contribution in [-0.2, 0) is 21.4 Å². The Labute approximate surface area is 156 Å². The minimum Gasteiger partial charge on any atom is -0.465 e. The third-order valence-electron chi connectivity index (χ3n) is 5.15. The number of rotatable bonds is 6. The first-order valence-electron chi connectivity index (χ1n) is 9.12. The number of esters is 1. The zero-order chi connectivity index (χ0) is 19.0. The number of hydrogen-bond acceptors (Lipinski definition) is 7. The van der Waals surface area contributed by atoms with E-state index in [0.717, 1.165) is 18.5 Å². The van der Waals surface area contributed by atoms with Crippen LogP contribution in [0.25, 0.3) is 0 Å². The molecule has 1 saturated carbocycles. The molecular weight excluding hydrogens is 348 g/mol. The van der Waals surface area contributed by atoms with Crippen molar-refractivity contribution in [1.82, 2.24) is 19.7 Å². The molecule has 0 aromatic carbocycles. The second-order valence-electron chi connectivity index (χ2n) is 6.94. The lowest BCUT2D eigenvalue weighted by Gasteiger charge is -2.25. The van der Waals surface area contributed by atoms with Crippen molar-refractivity contribution in [2.45, 2.75) is 26.2 Å². The Morgan fingerprint density at radius 3 is 2.93 bits per heavy atom. The number of carbonyl (C=O) groups is 2. The second-order valence-corrected chi connectivity index (χ2v) is 6.94. The van der Waals surface area contributed by atoms with Gasteiger partial charge in [0.1, 0.15) is 5.82 Å². The Balaban J connectivity index is 1.58. The minimum atomic E-state index is -1.06. The van der Waals surface area contributed by atoms with Crippen molar-refractivity contribution < 1.29 is 14.3 Å². The Morgan fingerprint density at radius 2 is 2.26 bits per heavy atom. The normalized spacial score (nSPS) is 22.1. The average molecular weight is 370 g/mol. The SMILES string of the molecule is CCOC(=O)C1(C2CC2)CCN(c2ccnc(Nc3cnn(C)c3)n2)C1=O. The maximum Gasteiger partial charge on any atom is 0.322 e. The lowest BCUT2D eigenvalue weighted by atomic mass is 9.81. The first kappa shape index (κ1) is 17.4. The largest absolute Gasteiger partial charge is 0.465 e. The molecular formula is C18H22N6O3. The van der Waals surface area contributed by atoms with Gasteiger partial charge in [-0.2, -0.15) is 10.1 Å². The monoisotopic (exact) mass is 370 g/mol. The van der Waals surface area contributed by atoms with Crippen molar-refractivity contribution in [1.29, 1.82) is 0 Å². The number of nitrogens with zero attached hydrogens (tertiary/aromatic N) is 5. The third-order valence-corrected chi connectivity index (χ3v) is 5.15. The van der Waals surface area contributed by atoms with Crippen molar-refractivity contribution in [2.24, 2.45) is 18.4 Å². The summed E-state index contributed by atoms with van der Waals surface area (Å²) in [5.41, 5.74) is -0.306. The van der Waals surface area contributed by atoms with Crippen LogP contribution in [0.2, 0.25) is 0 Å². The summed E-state index contributed by atoms with van der Waals surface area (Å²) in [6, 6.07) is 1.68. The minimum absolute atomic E-state index is 0.0730. The number of amides is 1. The Kier molecular flexibility index (Phi) is 4.29. The molecule has 0 bridgehead atoms. The summed E-state index contributed by atoms with van der Waals surface area (Å²) in [7, 11) is 1.82. The Bertz CT molecular complexity index is 877. The van der Waals surface area contributed by atoms with Crippen LogP contribution in [0.1, 0.15) is 26.2 Å². The highest BCUT2D eigenvalue weighted by Crippen LogP contribution is 2.52. The number of carbonyl (C=O) groups excluding carboxylic acids is 2. The van der Waals surface area contributed by atoms with Gasteiger partial charge in [0.2, 0.25) is 11.9 Å². The van der Waals surface area contributed by atoms with Gasteiger partial charge in [0, 0.05) is 26.0 Å². The smallest absolute Gasteiger partial charge is 0.322 e. The van der Waals surface area contributed by atoms with Crippen molar-refractivity contribution in [3.8, 4) is 0 Å². The maximum atomic E-state index is 13.2. The van der Waals surface area contributed by atoms with Gasteiger partial charge in [-0.25, -0.2) is 4.98 Å². The van der Waals surface area contributed by atoms with E-state index < -0.39 is 11.4 Å². The number of anilines is 3. The van der Waals surface area contributed by atoms with Crippen LogP contribution >= 0.6 is 0 Å². The Morgan fingerprint density at radius 1 is 1.44 bits per heavy atom. The maximum absolute atomic E-state index is 13.2. The van der Waals surface area contributed by atoms with Gasteiger partial charge in [-0.1, -0.05) is 0 Å². The summed E-state index contributed by atoms with van der Waals surface area (Å²) < 4.78 is 6.92. The molecule has 2 fully saturated rings. The molecule has 1 atom stereocenters. The highest BCUT2D eigenvalue weighted by molar-refractivity contribution is 6.12. The molecule has 4 rings (SSSR count). The van der Waals surface area contributed by atoms with Crippen LogP contribution in [0.15, 0.2) is 24.7 Å². The van der Waals surface area contributed by atoms with E-state index in [9.17, 15) is 9.59 Å². The first-order valence-corrected chi connectivity index (χ1v) is 9.12. The quantitative estimate of drug-likeness (QED) is 0.609. The van der Waals surface area contributed by atoms with E-state index in [1.54, 1.807) is 41.2 Å². The van der Waals surface area contributed by atoms with Crippen molar-refractivity contribution in [2.75, 3.05) is 23.4 Å². The fraction of sp³-hybridized carbons (Fsp3) is 0.500. The molecule has 1 amide bonds. The number of aryl methyl sites for hydroxylation is 1. The van der Waals surface area contributed by atoms with Gasteiger partial charge >= 0.3 is 5.97 Å². The van der Waals surface area contributed by atoms with Crippen molar-refractivity contribution >= 4 is 29.3 Å². The Hall–Kier alpha value is -2.97. The predicted octanol–water partition coefficient (Wildman–Crippen LogP) is 1.65. The van der Waals surface area contributed by atoms with E-state index in [-0.39, 0.29) is 18.4 Å². The van der Waals surface area contributed by atoms with Gasteiger partial charge < -0.3 is 10.1 Å². The molecule has 0 radical (unpaired) electrons. The summed E-state index contributed by atoms with van der Waals surface area (Å²) in [6.45, 7) is 2.47. The predicted molar refractivity (Wildman–Crippen MR) is 97.3 cm³/mol. The molecule has 2 aromatic heterocycles. The molecule has 1 aliphatic carbocycles. The van der Waals surface area contributed by atoms with Crippen LogP contribution in [0.4, 0.5) is 17.5 Å². The van der Waals surface area contributed by atoms with Crippen LogP contribution < -0.4 is 10.2 Å². The molecule has 1 unspecified atom stereocenters. The van der Waals surface area contributed by atoms with Gasteiger partial charge in [-0.05, 0) is 38.2 Å². The molecule has 142 valence electrons. The lowest BCUT2D eigenvalue weighted by molar-refractivity contribution is -0.160. The molecule has 2 aromatic rings. The van der Waals surface area contributed by atoms with E-state index in [4.69, 9.17) is 4.74 Å². The van der Waals surface area contributed by atoms with Gasteiger partial charge in [0.15, 0.2) is 5.41 Å². The van der Waals surface area contributed by atoms with Crippen LogP contribution in [0.5, 0.6) is 0 Å². The van der Waals surface area contributed by atoms with Crippen molar-refractivity contribution in [3.63, 3.8) is 0 Å². The van der Waals surface area contributed by atoms with Crippen molar-refractivity contribution in [3.05, 3.63) is 24.7 Å². The molecule has 1 N–H and O–H groups in total. The standard InChI is InChI=1S/C18H22N6O3/c1-3-27-16(26)18(12-4-5-12)7-9-24(15(18)25)14-6-8-19-17(22-14)21-13-10-20-23(2)11-13/h6,8,10-12H,3-5,7,9H2,1-2H3,(H,19,21,22). The average Bonchev–Trinajstić information content (AvgIpc) is 3.33. The summed E-state index contributed by atoms with van der Waals surface area (Å²) in [5.74, 6) is 0.308. The molecule has 1 aliphatic heterocycles. The number of ether oxygens (including phenoxy) is 1. The third kappa shape index (κ3) is 3.02. The fourth-order valence-electron chi connectivity index (χ4n) is 3.70. The summed E-state index contributed by atoms with van der Waals surface area (Å²) in [5, 5.41) is 7.16. The van der Waals surface area contributed by atoms with E-state index in [2.05, 4.69) is 20.4 Å². The van der Waals surface area contributed by atoms with Gasteiger partial charge in [0.05, 0.1) is 18.5 Å². The number of hydrogen-bond donors (Lipinski definition) is 1. The highest BCUT2D eigenvalue weighted by atomic mass is 16.5. The highest BCUT2D eigenvalue weighted by Gasteiger charge is 2.62. The first-order chi connectivity index (χ1) is 13.0. The second kappa shape index (κ2) is 6.64. The number of aromatic nitrogens is 4. The molecule has 9 nitrogen and oxygen atoms in total. The van der Waals surface area contributed by atoms with Crippen LogP contribution in [-0.4, -0.2) is 44.8 Å². The zero-order valence-electron chi connectivity index (χ0n) is 15.4. The van der Waals surface area contributed by atoms with E-state index in [0.29, 0.717) is 24.7 Å². The summed E-state index contributed by atoms with van der Waals surface area (Å²) in [4.78, 5) is 36.1. The zero-order valence-corrected chi connectivity index (χ0v) is 15.4. The topological polar surface area (TPSA) is 102 Å². The number of nitrogens with one attached hydrogen (secondary N) is 1. The van der Waals surface area contributed by atoms with Gasteiger partial charge in [-0.15, -0.1) is 0 Å². The molecule has 2 aliphatic rings. The van der Waals surface area contributed by atoms with E-state index in [1.807, 2.05) is 7.05 Å². The van der Waals surface area contributed by atoms with Gasteiger partial charge in [-0.3, -0.25) is 19.2 Å². The van der Waals surface area contributed by atoms with E-state index >= 15 is 0 Å². The molecule has 3 heterocycles. The molecule has 9 heteroatoms. The van der Waals surface area contributed by atoms with Crippen LogP contribution in [0, 0.1) is 11.3 Å². The molecule has 27 heavy (non-hydrogen) atoms. The summed E-state index contributed by atoms with van der Waals surface area (Å²) >= 11 is 0. The van der Waals surface area contributed by atoms with Crippen LogP contribution in [0.3, 0.4) is 0 Å². The molecule has 0 spiro atoms. The summed E-state index contributed by atoms with van der Waals surface area (Å²) in [6.07, 6.45) is 7.29.